The summed E-state index contributed by atoms with van der Waals surface area (Å²) in [6.45, 7) is -1.96. The van der Waals surface area contributed by atoms with Crippen LogP contribution in [0.3, 0.4) is 0 Å². The van der Waals surface area contributed by atoms with Crippen LogP contribution in [0.5, 0.6) is 0 Å². The van der Waals surface area contributed by atoms with Crippen molar-refractivity contribution < 1.29 is 53.8 Å². The molecule has 2 heterocycles. The first-order valence-corrected chi connectivity index (χ1v) is 16.7. The molecule has 0 radical (unpaired) electrons. The number of ether oxygens (including phenoxy) is 2. The van der Waals surface area contributed by atoms with Gasteiger partial charge in [-0.3, -0.25) is 24.6 Å². The second-order valence-electron chi connectivity index (χ2n) is 11.2. The van der Waals surface area contributed by atoms with Gasteiger partial charge >= 0.3 is 12.4 Å². The number of halogens is 8. The number of alkyl halides is 6. The number of rotatable bonds is 10. The van der Waals surface area contributed by atoms with Crippen molar-refractivity contribution in [3.05, 3.63) is 104 Å². The summed E-state index contributed by atoms with van der Waals surface area (Å²) in [7, 11) is -4.24. The largest absolute Gasteiger partial charge is 0.411 e. The number of aromatic nitrogens is 1. The minimum Gasteiger partial charge on any atom is -0.356 e. The molecule has 3 unspecified atom stereocenters. The summed E-state index contributed by atoms with van der Waals surface area (Å²) in [4.78, 5) is 30.5. The third-order valence-corrected chi connectivity index (χ3v) is 9.63. The smallest absolute Gasteiger partial charge is 0.356 e. The zero-order valence-electron chi connectivity index (χ0n) is 25.1. The van der Waals surface area contributed by atoms with E-state index in [0.717, 1.165) is 0 Å². The highest BCUT2D eigenvalue weighted by Crippen LogP contribution is 2.47. The van der Waals surface area contributed by atoms with E-state index in [4.69, 9.17) is 32.7 Å². The minimum atomic E-state index is -4.79. The second kappa shape index (κ2) is 14.0. The van der Waals surface area contributed by atoms with Crippen LogP contribution in [0, 0.1) is 6.92 Å². The summed E-state index contributed by atoms with van der Waals surface area (Å²) >= 11 is 12.0. The number of hydrogen-bond acceptors (Lipinski definition) is 8. The molecule has 1 aliphatic heterocycles. The number of sulfonamides is 1. The molecule has 49 heavy (non-hydrogen) atoms. The molecule has 0 bridgehead atoms. The van der Waals surface area contributed by atoms with E-state index in [1.807, 2.05) is 4.72 Å². The number of nitrogens with zero attached hydrogens (tertiary/aromatic N) is 1. The van der Waals surface area contributed by atoms with E-state index < -0.39 is 71.4 Å². The maximum atomic E-state index is 13.8. The van der Waals surface area contributed by atoms with Crippen molar-refractivity contribution in [1.82, 2.24) is 15.0 Å². The highest BCUT2D eigenvalue weighted by Gasteiger charge is 2.48. The van der Waals surface area contributed by atoms with E-state index in [-0.39, 0.29) is 50.0 Å². The van der Waals surface area contributed by atoms with Gasteiger partial charge in [0.15, 0.2) is 5.78 Å². The number of fused-ring (bicyclic) bond motifs is 2. The lowest BCUT2D eigenvalue weighted by Gasteiger charge is -2.28. The maximum absolute atomic E-state index is 13.8. The van der Waals surface area contributed by atoms with Crippen molar-refractivity contribution in [3.8, 4) is 0 Å². The first kappa shape index (κ1) is 36.7. The van der Waals surface area contributed by atoms with Crippen LogP contribution in [0.4, 0.5) is 26.3 Å². The normalized spacial score (nSPS) is 19.5. The van der Waals surface area contributed by atoms with Crippen molar-refractivity contribution in [3.63, 3.8) is 0 Å². The Bertz CT molecular complexity index is 1940. The number of carbonyl (C=O) groups excluding carboxylic acids is 2. The molecule has 1 aromatic heterocycles. The number of nitrogens with one attached hydrogen (secondary N) is 2. The SMILES string of the molecule is Cc1cc(CS(=O)(=O)NC(=O)Cc2cccc(Cl)c2Cl)ccc1C1NC(OCC(F)(F)F)C2=C1C(=O)C(OCC(F)(F)F)c1cccnc12. The number of aryl methyl sites for hydroxylation is 1. The van der Waals surface area contributed by atoms with Crippen molar-refractivity contribution in [2.45, 2.75) is 49.8 Å². The van der Waals surface area contributed by atoms with Crippen molar-refractivity contribution in [2.24, 2.45) is 0 Å². The summed E-state index contributed by atoms with van der Waals surface area (Å²) < 4.78 is 117. The average molecular weight is 753 g/mol. The Morgan fingerprint density at radius 3 is 2.33 bits per heavy atom. The van der Waals surface area contributed by atoms with Gasteiger partial charge < -0.3 is 9.47 Å². The molecule has 0 saturated heterocycles. The number of carbonyl (C=O) groups is 2. The second-order valence-corrected chi connectivity index (χ2v) is 13.7. The number of ketones is 1. The third-order valence-electron chi connectivity index (χ3n) is 7.52. The standard InChI is InChI=1S/C31H25Cl2F6N3O6S/c1-15-10-16(12-49(45,46)42-21(43)11-17-4-2-6-20(32)24(17)33)7-8-18(15)26-22-23(29(41-26)48-14-31(37,38)39)25-19(5-3-9-40-25)28(27(22)44)47-13-30(34,35)36/h2-10,26,28-29,41H,11-14H2,1H3,(H,42,43). The third kappa shape index (κ3) is 8.61. The van der Waals surface area contributed by atoms with Crippen molar-refractivity contribution in [1.29, 1.82) is 0 Å². The fraction of sp³-hybridized carbons (Fsp3) is 0.323. The molecule has 2 aliphatic rings. The van der Waals surface area contributed by atoms with Crippen molar-refractivity contribution in [2.75, 3.05) is 13.2 Å². The lowest BCUT2D eigenvalue weighted by atomic mass is 9.82. The monoisotopic (exact) mass is 751 g/mol. The summed E-state index contributed by atoms with van der Waals surface area (Å²) in [5, 5.41) is 3.10. The molecule has 5 rings (SSSR count). The van der Waals surface area contributed by atoms with Crippen LogP contribution in [0.25, 0.3) is 5.57 Å². The van der Waals surface area contributed by atoms with Gasteiger partial charge in [-0.05, 0) is 41.3 Å². The fourth-order valence-electron chi connectivity index (χ4n) is 5.65. The van der Waals surface area contributed by atoms with Gasteiger partial charge in [-0.2, -0.15) is 26.3 Å². The molecule has 0 spiro atoms. The van der Waals surface area contributed by atoms with E-state index in [0.29, 0.717) is 11.1 Å². The number of pyridine rings is 1. The van der Waals surface area contributed by atoms with Crippen LogP contribution in [0.1, 0.15) is 45.7 Å². The molecule has 3 atom stereocenters. The molecule has 2 aromatic carbocycles. The zero-order chi connectivity index (χ0) is 35.9. The van der Waals surface area contributed by atoms with Crippen LogP contribution in [-0.4, -0.2) is 56.9 Å². The molecular formula is C31H25Cl2F6N3O6S. The Morgan fingerprint density at radius 1 is 0.959 bits per heavy atom. The summed E-state index contributed by atoms with van der Waals surface area (Å²) in [6.07, 6.45) is -12.0. The fourth-order valence-corrected chi connectivity index (χ4v) is 7.15. The Labute approximate surface area is 285 Å². The summed E-state index contributed by atoms with van der Waals surface area (Å²) in [5.41, 5.74) is 0.714. The number of Topliss-reactive ketones (excluding diaryl/α,β-unsaturated/α-hetero) is 1. The van der Waals surface area contributed by atoms with E-state index in [1.165, 1.54) is 55.6 Å². The molecule has 1 amide bonds. The summed E-state index contributed by atoms with van der Waals surface area (Å²) in [5.74, 6) is -2.47. The highest BCUT2D eigenvalue weighted by atomic mass is 35.5. The Kier molecular flexibility index (Phi) is 10.5. The van der Waals surface area contributed by atoms with Gasteiger partial charge in [0.2, 0.25) is 15.9 Å². The molecule has 9 nitrogen and oxygen atoms in total. The Balaban J connectivity index is 1.43. The van der Waals surface area contributed by atoms with Crippen LogP contribution in [-0.2, 0) is 41.3 Å². The average Bonchev–Trinajstić information content (AvgIpc) is 3.37. The number of hydrogen-bond donors (Lipinski definition) is 2. The van der Waals surface area contributed by atoms with Crippen molar-refractivity contribution >= 4 is 50.5 Å². The predicted octanol–water partition coefficient (Wildman–Crippen LogP) is 6.09. The molecule has 0 fully saturated rings. The molecule has 0 saturated carbocycles. The molecule has 3 aromatic rings. The molecule has 1 aliphatic carbocycles. The first-order chi connectivity index (χ1) is 22.8. The topological polar surface area (TPSA) is 124 Å². The quantitative estimate of drug-likeness (QED) is 0.239. The Morgan fingerprint density at radius 2 is 1.65 bits per heavy atom. The lowest BCUT2D eigenvalue weighted by Crippen LogP contribution is -2.34. The molecular weight excluding hydrogens is 727 g/mol. The van der Waals surface area contributed by atoms with Crippen LogP contribution in [0.2, 0.25) is 10.0 Å². The van der Waals surface area contributed by atoms with Gasteiger partial charge in [-0.25, -0.2) is 8.42 Å². The molecule has 262 valence electrons. The van der Waals surface area contributed by atoms with Gasteiger partial charge in [-0.15, -0.1) is 0 Å². The highest BCUT2D eigenvalue weighted by molar-refractivity contribution is 7.89. The Hall–Kier alpha value is -3.54. The van der Waals surface area contributed by atoms with E-state index >= 15 is 0 Å². The van der Waals surface area contributed by atoms with Gasteiger partial charge in [0.1, 0.15) is 25.5 Å². The van der Waals surface area contributed by atoms with E-state index in [1.54, 1.807) is 6.07 Å². The van der Waals surface area contributed by atoms with Gasteiger partial charge in [0, 0.05) is 22.9 Å². The van der Waals surface area contributed by atoms with E-state index in [2.05, 4.69) is 10.3 Å². The van der Waals surface area contributed by atoms with Crippen LogP contribution >= 0.6 is 23.2 Å². The van der Waals surface area contributed by atoms with Gasteiger partial charge in [-0.1, -0.05) is 59.6 Å². The van der Waals surface area contributed by atoms with E-state index in [9.17, 15) is 44.3 Å². The molecule has 18 heteroatoms. The predicted molar refractivity (Wildman–Crippen MR) is 165 cm³/mol. The first-order valence-electron chi connectivity index (χ1n) is 14.3. The van der Waals surface area contributed by atoms with Crippen LogP contribution in [0.15, 0.2) is 60.3 Å². The maximum Gasteiger partial charge on any atom is 0.411 e. The van der Waals surface area contributed by atoms with Gasteiger partial charge in [0.25, 0.3) is 0 Å². The lowest BCUT2D eigenvalue weighted by molar-refractivity contribution is -0.187. The number of benzene rings is 2. The minimum absolute atomic E-state index is 0.0679. The number of amides is 1. The van der Waals surface area contributed by atoms with Gasteiger partial charge in [0.05, 0.1) is 34.0 Å². The zero-order valence-corrected chi connectivity index (χ0v) is 27.4. The summed E-state index contributed by atoms with van der Waals surface area (Å²) in [6, 6.07) is 10.2. The van der Waals surface area contributed by atoms with Crippen LogP contribution < -0.4 is 10.0 Å². The molecule has 2 N–H and O–H groups in total.